The third kappa shape index (κ3) is 8.28. The van der Waals surface area contributed by atoms with Crippen LogP contribution in [0, 0.1) is 0 Å². The second-order valence-electron chi connectivity index (χ2n) is 6.84. The lowest BCUT2D eigenvalue weighted by Gasteiger charge is -2.11. The predicted molar refractivity (Wildman–Crippen MR) is 119 cm³/mol. The molecule has 8 nitrogen and oxygen atoms in total. The number of halogens is 1. The highest BCUT2D eigenvalue weighted by atomic mass is 35.5. The fourth-order valence-electron chi connectivity index (χ4n) is 2.48. The molecule has 2 aromatic rings. The van der Waals surface area contributed by atoms with E-state index in [0.717, 1.165) is 0 Å². The summed E-state index contributed by atoms with van der Waals surface area (Å²) in [6, 6.07) is 10.3. The first kappa shape index (κ1) is 24.8. The van der Waals surface area contributed by atoms with Gasteiger partial charge in [0.2, 0.25) is 0 Å². The first-order valence-electron chi connectivity index (χ1n) is 9.69. The van der Waals surface area contributed by atoms with Gasteiger partial charge in [0.1, 0.15) is 11.5 Å². The van der Waals surface area contributed by atoms with E-state index in [4.69, 9.17) is 25.8 Å². The molecule has 0 aromatic heterocycles. The Hall–Kier alpha value is -2.49. The molecule has 0 saturated carbocycles. The molecule has 0 atom stereocenters. The van der Waals surface area contributed by atoms with Crippen LogP contribution in [-0.2, 0) is 19.6 Å². The van der Waals surface area contributed by atoms with Gasteiger partial charge in [0.25, 0.3) is 15.9 Å². The number of carbonyl (C=O) groups is 1. The molecule has 31 heavy (non-hydrogen) atoms. The summed E-state index contributed by atoms with van der Waals surface area (Å²) in [6.45, 7) is 4.81. The normalized spacial score (nSPS) is 11.3. The summed E-state index contributed by atoms with van der Waals surface area (Å²) in [5.41, 5.74) is 0.307. The lowest BCUT2D eigenvalue weighted by molar-refractivity contribution is -0.123. The zero-order valence-corrected chi connectivity index (χ0v) is 19.3. The van der Waals surface area contributed by atoms with Crippen molar-refractivity contribution in [3.8, 4) is 11.5 Å². The van der Waals surface area contributed by atoms with Crippen molar-refractivity contribution in [2.75, 3.05) is 31.6 Å². The third-order valence-electron chi connectivity index (χ3n) is 4.00. The van der Waals surface area contributed by atoms with Crippen molar-refractivity contribution in [2.45, 2.75) is 31.3 Å². The van der Waals surface area contributed by atoms with E-state index >= 15 is 0 Å². The zero-order chi connectivity index (χ0) is 22.9. The first-order chi connectivity index (χ1) is 14.7. The summed E-state index contributed by atoms with van der Waals surface area (Å²) in [7, 11) is -2.34. The van der Waals surface area contributed by atoms with Crippen LogP contribution in [0.3, 0.4) is 0 Å². The Labute approximate surface area is 187 Å². The van der Waals surface area contributed by atoms with Gasteiger partial charge >= 0.3 is 0 Å². The number of sulfonamides is 1. The molecule has 170 valence electrons. The Morgan fingerprint density at radius 3 is 2.45 bits per heavy atom. The molecule has 2 aromatic carbocycles. The summed E-state index contributed by atoms with van der Waals surface area (Å²) >= 11 is 6.03. The van der Waals surface area contributed by atoms with Gasteiger partial charge in [0, 0.05) is 13.2 Å². The number of methoxy groups -OCH3 is 1. The minimum atomic E-state index is -3.82. The standard InChI is InChI=1S/C21H27ClN2O6S/c1-15(2)29-12-4-11-23-21(25)14-30-17-6-8-18(9-7-17)31(26,27)24-16-5-10-20(28-3)19(22)13-16/h5-10,13,15,24H,4,11-12,14H2,1-3H3,(H,23,25). The topological polar surface area (TPSA) is 103 Å². The van der Waals surface area contributed by atoms with Crippen molar-refractivity contribution < 1.29 is 27.4 Å². The van der Waals surface area contributed by atoms with E-state index in [2.05, 4.69) is 10.0 Å². The number of carbonyl (C=O) groups excluding carboxylic acids is 1. The van der Waals surface area contributed by atoms with E-state index in [0.29, 0.717) is 36.8 Å². The Bertz CT molecular complexity index is 964. The average molecular weight is 471 g/mol. The van der Waals surface area contributed by atoms with E-state index in [1.165, 1.54) is 37.4 Å². The molecule has 0 spiro atoms. The van der Waals surface area contributed by atoms with E-state index in [9.17, 15) is 13.2 Å². The van der Waals surface area contributed by atoms with Gasteiger partial charge in [-0.2, -0.15) is 0 Å². The second-order valence-corrected chi connectivity index (χ2v) is 8.93. The van der Waals surface area contributed by atoms with Crippen molar-refractivity contribution in [1.82, 2.24) is 5.32 Å². The fraction of sp³-hybridized carbons (Fsp3) is 0.381. The van der Waals surface area contributed by atoms with Crippen molar-refractivity contribution >= 4 is 33.2 Å². The average Bonchev–Trinajstić information content (AvgIpc) is 2.72. The Kier molecular flexibility index (Phi) is 9.42. The van der Waals surface area contributed by atoms with Crippen LogP contribution in [0.4, 0.5) is 5.69 Å². The van der Waals surface area contributed by atoms with Gasteiger partial charge in [-0.3, -0.25) is 9.52 Å². The van der Waals surface area contributed by atoms with E-state index in [1.807, 2.05) is 13.8 Å². The molecular formula is C21H27ClN2O6S. The summed E-state index contributed by atoms with van der Waals surface area (Å²) in [5.74, 6) is 0.558. The number of anilines is 1. The molecule has 0 aliphatic carbocycles. The number of ether oxygens (including phenoxy) is 3. The molecule has 0 bridgehead atoms. The van der Waals surface area contributed by atoms with E-state index in [-0.39, 0.29) is 28.5 Å². The summed E-state index contributed by atoms with van der Waals surface area (Å²) in [6.07, 6.45) is 0.873. The molecule has 0 aliphatic heterocycles. The van der Waals surface area contributed by atoms with Gasteiger partial charge in [-0.1, -0.05) is 11.6 Å². The number of hydrogen-bond donors (Lipinski definition) is 2. The van der Waals surface area contributed by atoms with Crippen LogP contribution in [0.15, 0.2) is 47.4 Å². The van der Waals surface area contributed by atoms with Gasteiger partial charge < -0.3 is 19.5 Å². The van der Waals surface area contributed by atoms with E-state index < -0.39 is 10.0 Å². The summed E-state index contributed by atoms with van der Waals surface area (Å²) < 4.78 is 43.4. The maximum atomic E-state index is 12.6. The molecule has 0 radical (unpaired) electrons. The molecular weight excluding hydrogens is 444 g/mol. The van der Waals surface area contributed by atoms with E-state index in [1.54, 1.807) is 12.1 Å². The van der Waals surface area contributed by atoms with Crippen molar-refractivity contribution in [2.24, 2.45) is 0 Å². The Balaban J connectivity index is 1.85. The molecule has 0 fully saturated rings. The van der Waals surface area contributed by atoms with Crippen LogP contribution in [-0.4, -0.2) is 47.3 Å². The van der Waals surface area contributed by atoms with Gasteiger partial charge in [0.05, 0.1) is 28.8 Å². The summed E-state index contributed by atoms with van der Waals surface area (Å²) in [5, 5.41) is 3.02. The van der Waals surface area contributed by atoms with Crippen LogP contribution in [0.2, 0.25) is 5.02 Å². The van der Waals surface area contributed by atoms with Crippen LogP contribution < -0.4 is 19.5 Å². The lowest BCUT2D eigenvalue weighted by Crippen LogP contribution is -2.30. The van der Waals surface area contributed by atoms with Crippen LogP contribution >= 0.6 is 11.6 Å². The van der Waals surface area contributed by atoms with Crippen LogP contribution in [0.1, 0.15) is 20.3 Å². The highest BCUT2D eigenvalue weighted by molar-refractivity contribution is 7.92. The molecule has 1 amide bonds. The number of rotatable bonds is 12. The monoisotopic (exact) mass is 470 g/mol. The molecule has 0 heterocycles. The Morgan fingerprint density at radius 1 is 1.13 bits per heavy atom. The van der Waals surface area contributed by atoms with Crippen LogP contribution in [0.25, 0.3) is 0 Å². The van der Waals surface area contributed by atoms with Gasteiger partial charge in [-0.05, 0) is 62.7 Å². The minimum Gasteiger partial charge on any atom is -0.495 e. The molecule has 0 saturated heterocycles. The highest BCUT2D eigenvalue weighted by Gasteiger charge is 2.15. The number of amides is 1. The predicted octanol–water partition coefficient (Wildman–Crippen LogP) is 3.46. The molecule has 2 N–H and O–H groups in total. The van der Waals surface area contributed by atoms with Gasteiger partial charge in [-0.25, -0.2) is 8.42 Å². The lowest BCUT2D eigenvalue weighted by atomic mass is 10.3. The van der Waals surface area contributed by atoms with Crippen molar-refractivity contribution in [3.05, 3.63) is 47.5 Å². The fourth-order valence-corrected chi connectivity index (χ4v) is 3.79. The number of hydrogen-bond acceptors (Lipinski definition) is 6. The smallest absolute Gasteiger partial charge is 0.261 e. The third-order valence-corrected chi connectivity index (χ3v) is 5.70. The van der Waals surface area contributed by atoms with Crippen LogP contribution in [0.5, 0.6) is 11.5 Å². The van der Waals surface area contributed by atoms with Crippen molar-refractivity contribution in [1.29, 1.82) is 0 Å². The zero-order valence-electron chi connectivity index (χ0n) is 17.7. The quantitative estimate of drug-likeness (QED) is 0.460. The SMILES string of the molecule is COc1ccc(NS(=O)(=O)c2ccc(OCC(=O)NCCCOC(C)C)cc2)cc1Cl. The maximum absolute atomic E-state index is 12.6. The van der Waals surface area contributed by atoms with Gasteiger partial charge in [0.15, 0.2) is 6.61 Å². The number of nitrogens with one attached hydrogen (secondary N) is 2. The number of benzene rings is 2. The summed E-state index contributed by atoms with van der Waals surface area (Å²) in [4.78, 5) is 11.9. The second kappa shape index (κ2) is 11.8. The first-order valence-corrected chi connectivity index (χ1v) is 11.5. The molecule has 0 aliphatic rings. The Morgan fingerprint density at radius 2 is 1.84 bits per heavy atom. The molecule has 2 rings (SSSR count). The minimum absolute atomic E-state index is 0.0430. The highest BCUT2D eigenvalue weighted by Crippen LogP contribution is 2.28. The molecule has 10 heteroatoms. The van der Waals surface area contributed by atoms with Crippen molar-refractivity contribution in [3.63, 3.8) is 0 Å². The van der Waals surface area contributed by atoms with Gasteiger partial charge in [-0.15, -0.1) is 0 Å². The maximum Gasteiger partial charge on any atom is 0.261 e. The largest absolute Gasteiger partial charge is 0.495 e. The molecule has 0 unspecified atom stereocenters.